The van der Waals surface area contributed by atoms with Crippen molar-refractivity contribution in [1.82, 2.24) is 0 Å². The van der Waals surface area contributed by atoms with Gasteiger partial charge in [0.2, 0.25) is 11.8 Å². The number of amides is 2. The number of anilines is 1. The highest BCUT2D eigenvalue weighted by Gasteiger charge is 2.72. The summed E-state index contributed by atoms with van der Waals surface area (Å²) in [5.41, 5.74) is 4.62. The molecular formula is C34H21Br2NO3. The molecular weight excluding hydrogens is 630 g/mol. The molecule has 0 aromatic heterocycles. The number of ether oxygens (including phenoxy) is 1. The van der Waals surface area contributed by atoms with Gasteiger partial charge in [-0.05, 0) is 58.0 Å². The molecule has 0 radical (unpaired) electrons. The third-order valence-electron chi connectivity index (χ3n) is 8.66. The van der Waals surface area contributed by atoms with Crippen LogP contribution in [0.15, 0.2) is 115 Å². The first-order chi connectivity index (χ1) is 19.4. The van der Waals surface area contributed by atoms with Crippen molar-refractivity contribution in [1.29, 1.82) is 0 Å². The monoisotopic (exact) mass is 649 g/mol. The lowest BCUT2D eigenvalue weighted by atomic mass is 9.54. The van der Waals surface area contributed by atoms with Crippen LogP contribution in [0.4, 0.5) is 5.69 Å². The van der Waals surface area contributed by atoms with Gasteiger partial charge in [0, 0.05) is 5.39 Å². The van der Waals surface area contributed by atoms with Crippen molar-refractivity contribution < 1.29 is 14.3 Å². The van der Waals surface area contributed by atoms with Gasteiger partial charge in [-0.25, -0.2) is 4.90 Å². The highest BCUT2D eigenvalue weighted by atomic mass is 79.9. The van der Waals surface area contributed by atoms with Crippen LogP contribution in [0.3, 0.4) is 0 Å². The maximum Gasteiger partial charge on any atom is 0.239 e. The molecule has 4 nitrogen and oxygen atoms in total. The smallest absolute Gasteiger partial charge is 0.239 e. The molecule has 1 aliphatic heterocycles. The van der Waals surface area contributed by atoms with Crippen LogP contribution in [-0.4, -0.2) is 11.8 Å². The number of nitrogens with zero attached hydrogens (tertiary/aromatic N) is 1. The first kappa shape index (κ1) is 24.1. The molecule has 5 aromatic rings. The third kappa shape index (κ3) is 2.95. The number of fused-ring (bicyclic) bond motifs is 1. The van der Waals surface area contributed by atoms with Crippen molar-refractivity contribution >= 4 is 60.1 Å². The molecule has 2 atom stereocenters. The van der Waals surface area contributed by atoms with Crippen LogP contribution in [-0.2, 0) is 18.2 Å². The van der Waals surface area contributed by atoms with E-state index in [0.717, 1.165) is 38.8 Å². The van der Waals surface area contributed by atoms with Gasteiger partial charge in [0.25, 0.3) is 0 Å². The second kappa shape index (κ2) is 8.38. The van der Waals surface area contributed by atoms with E-state index in [1.807, 2.05) is 78.9 Å². The second-order valence-corrected chi connectivity index (χ2v) is 13.1. The number of benzene rings is 5. The van der Waals surface area contributed by atoms with E-state index in [9.17, 15) is 9.59 Å². The molecule has 194 valence electrons. The Labute approximate surface area is 247 Å². The Bertz CT molecular complexity index is 1760. The zero-order valence-electron chi connectivity index (χ0n) is 21.1. The fourth-order valence-electron chi connectivity index (χ4n) is 7.00. The predicted octanol–water partition coefficient (Wildman–Crippen LogP) is 8.04. The van der Waals surface area contributed by atoms with Gasteiger partial charge in [0.1, 0.15) is 11.5 Å². The lowest BCUT2D eigenvalue weighted by molar-refractivity contribution is -0.122. The number of hydrogen-bond donors (Lipinski definition) is 0. The minimum atomic E-state index is -0.806. The Morgan fingerprint density at radius 1 is 0.575 bits per heavy atom. The van der Waals surface area contributed by atoms with Gasteiger partial charge < -0.3 is 4.74 Å². The van der Waals surface area contributed by atoms with Crippen LogP contribution < -0.4 is 9.64 Å². The van der Waals surface area contributed by atoms with E-state index in [2.05, 4.69) is 56.1 Å². The number of carbonyl (C=O) groups is 2. The normalized spacial score (nSPS) is 26.0. The molecule has 9 rings (SSSR count). The molecule has 2 bridgehead atoms. The molecule has 40 heavy (non-hydrogen) atoms. The van der Waals surface area contributed by atoms with E-state index in [0.29, 0.717) is 11.4 Å². The molecule has 0 unspecified atom stereocenters. The summed E-state index contributed by atoms with van der Waals surface area (Å²) >= 11 is 8.11. The van der Waals surface area contributed by atoms with Crippen LogP contribution in [0.2, 0.25) is 0 Å². The topological polar surface area (TPSA) is 46.6 Å². The summed E-state index contributed by atoms with van der Waals surface area (Å²) in [6.07, 6.45) is 0. The quantitative estimate of drug-likeness (QED) is 0.147. The molecule has 0 N–H and O–H groups in total. The lowest BCUT2D eigenvalue weighted by Crippen LogP contribution is -2.56. The van der Waals surface area contributed by atoms with E-state index >= 15 is 0 Å². The summed E-state index contributed by atoms with van der Waals surface area (Å²) in [5, 5.41) is 2.11. The Morgan fingerprint density at radius 3 is 1.60 bits per heavy atom. The highest BCUT2D eigenvalue weighted by Crippen LogP contribution is 2.70. The Morgan fingerprint density at radius 2 is 1.05 bits per heavy atom. The summed E-state index contributed by atoms with van der Waals surface area (Å²) in [6.45, 7) is 0. The van der Waals surface area contributed by atoms with E-state index in [1.165, 1.54) is 4.90 Å². The van der Waals surface area contributed by atoms with Crippen LogP contribution >= 0.6 is 31.9 Å². The van der Waals surface area contributed by atoms with Crippen molar-refractivity contribution in [3.05, 3.63) is 138 Å². The fraction of sp³-hybridized carbons (Fsp3) is 0.118. The van der Waals surface area contributed by atoms with Gasteiger partial charge >= 0.3 is 0 Å². The highest BCUT2D eigenvalue weighted by molar-refractivity contribution is 9.10. The predicted molar refractivity (Wildman–Crippen MR) is 162 cm³/mol. The van der Waals surface area contributed by atoms with Crippen LogP contribution in [0.1, 0.15) is 22.3 Å². The van der Waals surface area contributed by atoms with Gasteiger partial charge in [-0.1, -0.05) is 117 Å². The molecule has 2 amide bonds. The van der Waals surface area contributed by atoms with E-state index in [1.54, 1.807) is 12.1 Å². The average Bonchev–Trinajstić information content (AvgIpc) is 3.27. The van der Waals surface area contributed by atoms with Crippen molar-refractivity contribution in [2.45, 2.75) is 8.65 Å². The molecule has 1 saturated heterocycles. The van der Waals surface area contributed by atoms with Gasteiger partial charge in [-0.15, -0.1) is 0 Å². The van der Waals surface area contributed by atoms with E-state index < -0.39 is 20.5 Å². The summed E-state index contributed by atoms with van der Waals surface area (Å²) in [4.78, 5) is 29.9. The van der Waals surface area contributed by atoms with Crippen molar-refractivity contribution in [2.75, 3.05) is 4.90 Å². The Kier molecular flexibility index (Phi) is 5.05. The van der Waals surface area contributed by atoms with Gasteiger partial charge in [0.05, 0.1) is 26.2 Å². The number of alkyl halides is 2. The summed E-state index contributed by atoms with van der Waals surface area (Å²) < 4.78 is 4.60. The summed E-state index contributed by atoms with van der Waals surface area (Å²) in [6, 6.07) is 37.4. The van der Waals surface area contributed by atoms with E-state index in [-0.39, 0.29) is 11.8 Å². The lowest BCUT2D eigenvalue weighted by Gasteiger charge is -2.55. The number of carbonyl (C=O) groups excluding carboxylic acids is 2. The van der Waals surface area contributed by atoms with Gasteiger partial charge in [-0.2, -0.15) is 0 Å². The first-order valence-electron chi connectivity index (χ1n) is 13.2. The Hall–Kier alpha value is -3.74. The molecule has 5 aromatic carbocycles. The van der Waals surface area contributed by atoms with Crippen LogP contribution in [0, 0.1) is 11.8 Å². The fourth-order valence-corrected chi connectivity index (χ4v) is 9.30. The maximum atomic E-state index is 14.3. The minimum absolute atomic E-state index is 0.206. The zero-order chi connectivity index (χ0) is 27.2. The third-order valence-corrected chi connectivity index (χ3v) is 11.4. The largest absolute Gasteiger partial charge is 0.457 e. The molecule has 1 fully saturated rings. The van der Waals surface area contributed by atoms with Crippen molar-refractivity contribution in [2.24, 2.45) is 11.8 Å². The molecule has 1 heterocycles. The standard InChI is InChI=1S/C34H21Br2NO3/c35-33-24-11-3-4-12-25(24)34(36,27-14-6-5-13-26(27)33)30-29(33)31(38)37(32(30)39)21-16-18-22(19-17-21)40-28-15-7-9-20-8-1-2-10-23(20)28/h1-19,29-30H/t29-,30-,33?,34?/m1/s1. The van der Waals surface area contributed by atoms with Crippen molar-refractivity contribution in [3.8, 4) is 11.5 Å². The maximum absolute atomic E-state index is 14.3. The van der Waals surface area contributed by atoms with Crippen LogP contribution in [0.25, 0.3) is 10.8 Å². The Balaban J connectivity index is 1.20. The molecule has 6 heteroatoms. The van der Waals surface area contributed by atoms with E-state index in [4.69, 9.17) is 4.74 Å². The number of imide groups is 1. The molecule has 0 spiro atoms. The average molecular weight is 651 g/mol. The SMILES string of the molecule is O=C1[C@H]2[C@H](C(=O)N1c1ccc(Oc3cccc4ccccc34)cc1)C1(Br)c3ccccc3C2(Br)c2ccccc21. The molecule has 4 aliphatic rings. The number of hydrogen-bond acceptors (Lipinski definition) is 3. The summed E-state index contributed by atoms with van der Waals surface area (Å²) in [7, 11) is 0. The number of rotatable bonds is 3. The van der Waals surface area contributed by atoms with Crippen molar-refractivity contribution in [3.63, 3.8) is 0 Å². The second-order valence-electron chi connectivity index (χ2n) is 10.6. The molecule has 0 saturated carbocycles. The molecule has 3 aliphatic carbocycles. The van der Waals surface area contributed by atoms with Gasteiger partial charge in [0.15, 0.2) is 0 Å². The van der Waals surface area contributed by atoms with Gasteiger partial charge in [-0.3, -0.25) is 9.59 Å². The summed E-state index contributed by atoms with van der Waals surface area (Å²) in [5.74, 6) is -0.235. The zero-order valence-corrected chi connectivity index (χ0v) is 24.2. The first-order valence-corrected chi connectivity index (χ1v) is 14.7. The van der Waals surface area contributed by atoms with Crippen LogP contribution in [0.5, 0.6) is 11.5 Å². The number of halogens is 2. The minimum Gasteiger partial charge on any atom is -0.457 e.